The maximum atomic E-state index is 12.2. The third kappa shape index (κ3) is 3.17. The van der Waals surface area contributed by atoms with Crippen molar-refractivity contribution in [2.24, 2.45) is 15.2 Å². The standard InChI is InChI=1S/C18H18N6O.ClH/c1-10-9-24(23-11(10)2)14-6-4-13(5-7-14)8-15-19-17-16(18(25)20-15)12(3)21-22-17;/h4-7,9,15H,8H2,1-3H3,(H,20,25);1H. The molecule has 4 rings (SSSR count). The SMILES string of the molecule is CC1=C2C(=O)NC(Cc3ccc(-n4cc(C)c(C)n4)cc3)N=C2N=N1.Cl. The summed E-state index contributed by atoms with van der Waals surface area (Å²) in [5, 5.41) is 15.3. The highest BCUT2D eigenvalue weighted by Crippen LogP contribution is 2.22. The molecule has 0 aliphatic carbocycles. The molecule has 0 saturated heterocycles. The molecule has 1 atom stereocenters. The van der Waals surface area contributed by atoms with Gasteiger partial charge in [0.15, 0.2) is 5.84 Å². The number of halogens is 1. The number of aryl methyl sites for hydroxylation is 2. The van der Waals surface area contributed by atoms with Crippen molar-refractivity contribution in [3.05, 3.63) is 58.6 Å². The number of hydrogen-bond acceptors (Lipinski definition) is 5. The first-order valence-electron chi connectivity index (χ1n) is 8.15. The van der Waals surface area contributed by atoms with Gasteiger partial charge in [-0.05, 0) is 44.0 Å². The summed E-state index contributed by atoms with van der Waals surface area (Å²) < 4.78 is 1.87. The molecule has 2 aliphatic heterocycles. The van der Waals surface area contributed by atoms with E-state index in [0.29, 0.717) is 23.5 Å². The van der Waals surface area contributed by atoms with E-state index in [4.69, 9.17) is 0 Å². The van der Waals surface area contributed by atoms with Gasteiger partial charge in [-0.15, -0.1) is 17.5 Å². The lowest BCUT2D eigenvalue weighted by Crippen LogP contribution is -2.42. The molecule has 0 bridgehead atoms. The summed E-state index contributed by atoms with van der Waals surface area (Å²) in [5.41, 5.74) is 5.37. The highest BCUT2D eigenvalue weighted by Gasteiger charge is 2.30. The molecule has 26 heavy (non-hydrogen) atoms. The molecule has 7 nitrogen and oxygen atoms in total. The van der Waals surface area contributed by atoms with Gasteiger partial charge in [0.1, 0.15) is 11.7 Å². The average molecular weight is 371 g/mol. The van der Waals surface area contributed by atoms with E-state index in [9.17, 15) is 4.79 Å². The second kappa shape index (κ2) is 6.84. The van der Waals surface area contributed by atoms with Crippen molar-refractivity contribution < 1.29 is 4.79 Å². The number of fused-ring (bicyclic) bond motifs is 1. The molecule has 1 aromatic heterocycles. The number of carbonyl (C=O) groups excluding carboxylic acids is 1. The van der Waals surface area contributed by atoms with Crippen LogP contribution in [0.3, 0.4) is 0 Å². The number of aliphatic imine (C=N–C) groups is 1. The lowest BCUT2D eigenvalue weighted by atomic mass is 10.1. The van der Waals surface area contributed by atoms with E-state index >= 15 is 0 Å². The summed E-state index contributed by atoms with van der Waals surface area (Å²) in [6.45, 7) is 5.80. The Morgan fingerprint density at radius 2 is 1.85 bits per heavy atom. The topological polar surface area (TPSA) is 84.0 Å². The van der Waals surface area contributed by atoms with Gasteiger partial charge in [-0.2, -0.15) is 10.2 Å². The number of allylic oxidation sites excluding steroid dienone is 1. The number of nitrogens with zero attached hydrogens (tertiary/aromatic N) is 5. The summed E-state index contributed by atoms with van der Waals surface area (Å²) in [6.07, 6.45) is 2.30. The van der Waals surface area contributed by atoms with E-state index in [0.717, 1.165) is 22.5 Å². The van der Waals surface area contributed by atoms with Crippen molar-refractivity contribution in [2.75, 3.05) is 0 Å². The maximum absolute atomic E-state index is 12.2. The number of azo groups is 1. The highest BCUT2D eigenvalue weighted by molar-refractivity contribution is 6.23. The second-order valence-corrected chi connectivity index (χ2v) is 6.32. The molecule has 8 heteroatoms. The minimum absolute atomic E-state index is 0. The fourth-order valence-electron chi connectivity index (χ4n) is 2.93. The van der Waals surface area contributed by atoms with E-state index < -0.39 is 0 Å². The Morgan fingerprint density at radius 1 is 1.12 bits per heavy atom. The van der Waals surface area contributed by atoms with Crippen LogP contribution in [0.25, 0.3) is 5.69 Å². The van der Waals surface area contributed by atoms with Crippen LogP contribution in [0.2, 0.25) is 0 Å². The second-order valence-electron chi connectivity index (χ2n) is 6.32. The third-order valence-electron chi connectivity index (χ3n) is 4.46. The van der Waals surface area contributed by atoms with Gasteiger partial charge in [-0.3, -0.25) is 4.79 Å². The summed E-state index contributed by atoms with van der Waals surface area (Å²) in [4.78, 5) is 16.7. The first kappa shape index (κ1) is 18.0. The number of amides is 1. The number of benzene rings is 1. The number of hydrogen-bond donors (Lipinski definition) is 1. The number of rotatable bonds is 3. The summed E-state index contributed by atoms with van der Waals surface area (Å²) in [7, 11) is 0. The van der Waals surface area contributed by atoms with Crippen LogP contribution in [0, 0.1) is 13.8 Å². The van der Waals surface area contributed by atoms with Gasteiger partial charge in [-0.1, -0.05) is 12.1 Å². The first-order chi connectivity index (χ1) is 12.0. The molecule has 3 heterocycles. The van der Waals surface area contributed by atoms with Crippen LogP contribution in [0.5, 0.6) is 0 Å². The van der Waals surface area contributed by atoms with Crippen LogP contribution in [0.4, 0.5) is 0 Å². The van der Waals surface area contributed by atoms with Crippen molar-refractivity contribution in [1.29, 1.82) is 0 Å². The molecule has 1 aromatic carbocycles. The molecule has 0 saturated carbocycles. The number of nitrogens with one attached hydrogen (secondary N) is 1. The Bertz CT molecular complexity index is 935. The predicted molar refractivity (Wildman–Crippen MR) is 101 cm³/mol. The Morgan fingerprint density at radius 3 is 2.50 bits per heavy atom. The minimum atomic E-state index is -0.323. The Balaban J connectivity index is 0.00000196. The van der Waals surface area contributed by atoms with Crippen LogP contribution in [0.1, 0.15) is 23.7 Å². The van der Waals surface area contributed by atoms with E-state index in [1.165, 1.54) is 0 Å². The quantitative estimate of drug-likeness (QED) is 0.900. The van der Waals surface area contributed by atoms with E-state index in [1.807, 2.05) is 49.0 Å². The molecule has 0 radical (unpaired) electrons. The van der Waals surface area contributed by atoms with E-state index in [-0.39, 0.29) is 24.5 Å². The number of amidine groups is 1. The number of carbonyl (C=O) groups is 1. The van der Waals surface area contributed by atoms with Crippen LogP contribution in [-0.4, -0.2) is 27.7 Å². The zero-order valence-electron chi connectivity index (χ0n) is 14.7. The van der Waals surface area contributed by atoms with Crippen LogP contribution in [0.15, 0.2) is 57.0 Å². The molecule has 1 N–H and O–H groups in total. The molecule has 134 valence electrons. The Hall–Kier alpha value is -2.80. The summed E-state index contributed by atoms with van der Waals surface area (Å²) >= 11 is 0. The number of aromatic nitrogens is 2. The van der Waals surface area contributed by atoms with Crippen molar-refractivity contribution >= 4 is 24.1 Å². The van der Waals surface area contributed by atoms with Gasteiger partial charge in [0, 0.05) is 12.6 Å². The van der Waals surface area contributed by atoms with Crippen molar-refractivity contribution in [2.45, 2.75) is 33.4 Å². The molecule has 1 unspecified atom stereocenters. The fraction of sp³-hybridized carbons (Fsp3) is 0.278. The lowest BCUT2D eigenvalue weighted by molar-refractivity contribution is -0.117. The molecular weight excluding hydrogens is 352 g/mol. The van der Waals surface area contributed by atoms with Crippen molar-refractivity contribution in [1.82, 2.24) is 15.1 Å². The average Bonchev–Trinajstić information content (AvgIpc) is 3.11. The van der Waals surface area contributed by atoms with E-state index in [1.54, 1.807) is 6.92 Å². The maximum Gasteiger partial charge on any atom is 0.258 e. The zero-order valence-corrected chi connectivity index (χ0v) is 15.5. The van der Waals surface area contributed by atoms with Gasteiger partial charge in [-0.25, -0.2) is 9.67 Å². The fourth-order valence-corrected chi connectivity index (χ4v) is 2.93. The van der Waals surface area contributed by atoms with Crippen molar-refractivity contribution in [3.63, 3.8) is 0 Å². The molecule has 0 fully saturated rings. The van der Waals surface area contributed by atoms with Gasteiger partial charge in [0.25, 0.3) is 5.91 Å². The van der Waals surface area contributed by atoms with E-state index in [2.05, 4.69) is 25.6 Å². The summed E-state index contributed by atoms with van der Waals surface area (Å²) in [6, 6.07) is 8.09. The smallest absolute Gasteiger partial charge is 0.258 e. The largest absolute Gasteiger partial charge is 0.330 e. The normalized spacial score (nSPS) is 18.3. The molecule has 2 aliphatic rings. The monoisotopic (exact) mass is 370 g/mol. The van der Waals surface area contributed by atoms with Crippen LogP contribution < -0.4 is 5.32 Å². The van der Waals surface area contributed by atoms with Crippen LogP contribution in [-0.2, 0) is 11.2 Å². The third-order valence-corrected chi connectivity index (χ3v) is 4.46. The predicted octanol–water partition coefficient (Wildman–Crippen LogP) is 3.05. The molecule has 0 spiro atoms. The van der Waals surface area contributed by atoms with Gasteiger partial charge in [0.05, 0.1) is 17.1 Å². The highest BCUT2D eigenvalue weighted by atomic mass is 35.5. The Labute approximate surface area is 157 Å². The first-order valence-corrected chi connectivity index (χ1v) is 8.15. The molecular formula is C18H19ClN6O. The zero-order chi connectivity index (χ0) is 17.6. The Kier molecular flexibility index (Phi) is 4.73. The minimum Gasteiger partial charge on any atom is -0.330 e. The molecule has 2 aromatic rings. The van der Waals surface area contributed by atoms with Gasteiger partial charge >= 0.3 is 0 Å². The summed E-state index contributed by atoms with van der Waals surface area (Å²) in [5.74, 6) is 0.280. The van der Waals surface area contributed by atoms with Crippen LogP contribution >= 0.6 is 12.4 Å². The van der Waals surface area contributed by atoms with Gasteiger partial charge in [0.2, 0.25) is 0 Å². The molecule has 1 amide bonds. The van der Waals surface area contributed by atoms with Gasteiger partial charge < -0.3 is 5.32 Å². The lowest BCUT2D eigenvalue weighted by Gasteiger charge is -2.20. The van der Waals surface area contributed by atoms with Crippen molar-refractivity contribution in [3.8, 4) is 5.69 Å².